The molecule has 2 rings (SSSR count). The molecule has 4 unspecified atom stereocenters. The summed E-state index contributed by atoms with van der Waals surface area (Å²) in [5.74, 6) is 0.909. The molecule has 80 valence electrons. The minimum atomic E-state index is -0.122. The molecular weight excluding hydrogens is 180 g/mol. The molecule has 0 spiro atoms. The number of ether oxygens (including phenoxy) is 3. The third-order valence-electron chi connectivity index (χ3n) is 3.01. The molecule has 0 bridgehead atoms. The zero-order valence-electron chi connectivity index (χ0n) is 8.86. The van der Waals surface area contributed by atoms with Crippen LogP contribution in [-0.4, -0.2) is 25.8 Å². The van der Waals surface area contributed by atoms with Gasteiger partial charge in [0.1, 0.15) is 0 Å². The molecular formula is C11H18O3. The second-order valence-corrected chi connectivity index (χ2v) is 4.10. The summed E-state index contributed by atoms with van der Waals surface area (Å²) in [7, 11) is 0. The van der Waals surface area contributed by atoms with Crippen molar-refractivity contribution in [1.82, 2.24) is 0 Å². The van der Waals surface area contributed by atoms with Gasteiger partial charge in [-0.05, 0) is 18.4 Å². The molecule has 0 radical (unpaired) electrons. The molecule has 4 atom stereocenters. The molecule has 0 aromatic carbocycles. The topological polar surface area (TPSA) is 27.7 Å². The summed E-state index contributed by atoms with van der Waals surface area (Å²) in [6.07, 6.45) is 0.724. The highest BCUT2D eigenvalue weighted by Crippen LogP contribution is 2.39. The van der Waals surface area contributed by atoms with Crippen LogP contribution in [-0.2, 0) is 14.2 Å². The van der Waals surface area contributed by atoms with Crippen molar-refractivity contribution >= 4 is 0 Å². The van der Waals surface area contributed by atoms with Crippen molar-refractivity contribution in [3.05, 3.63) is 12.2 Å². The Hall–Kier alpha value is -0.380. The molecule has 2 heterocycles. The van der Waals surface area contributed by atoms with E-state index >= 15 is 0 Å². The lowest BCUT2D eigenvalue weighted by atomic mass is 9.85. The Morgan fingerprint density at radius 2 is 2.36 bits per heavy atom. The molecule has 2 aliphatic heterocycles. The van der Waals surface area contributed by atoms with Crippen molar-refractivity contribution in [3.8, 4) is 0 Å². The van der Waals surface area contributed by atoms with Crippen molar-refractivity contribution in [3.63, 3.8) is 0 Å². The smallest absolute Gasteiger partial charge is 0.167 e. The minimum absolute atomic E-state index is 0.0952. The van der Waals surface area contributed by atoms with Gasteiger partial charge in [0.05, 0.1) is 6.61 Å². The van der Waals surface area contributed by atoms with E-state index in [9.17, 15) is 0 Å². The first kappa shape index (κ1) is 10.1. The van der Waals surface area contributed by atoms with Crippen LogP contribution in [0.3, 0.4) is 0 Å². The van der Waals surface area contributed by atoms with Crippen molar-refractivity contribution in [2.24, 2.45) is 11.8 Å². The SMILES string of the molecule is C=C1COC2OC(OCC)CC(C)C12. The van der Waals surface area contributed by atoms with Crippen LogP contribution < -0.4 is 0 Å². The average molecular weight is 198 g/mol. The van der Waals surface area contributed by atoms with Gasteiger partial charge < -0.3 is 14.2 Å². The predicted molar refractivity (Wildman–Crippen MR) is 52.7 cm³/mol. The highest BCUT2D eigenvalue weighted by Gasteiger charge is 2.42. The molecule has 2 saturated heterocycles. The zero-order valence-corrected chi connectivity index (χ0v) is 8.86. The summed E-state index contributed by atoms with van der Waals surface area (Å²) in [4.78, 5) is 0. The maximum absolute atomic E-state index is 5.69. The Bertz CT molecular complexity index is 227. The van der Waals surface area contributed by atoms with E-state index in [4.69, 9.17) is 14.2 Å². The largest absolute Gasteiger partial charge is 0.353 e. The standard InChI is InChI=1S/C11H18O3/c1-4-12-9-5-7(2)10-8(3)6-13-11(10)14-9/h7,9-11H,3-6H2,1-2H3. The summed E-state index contributed by atoms with van der Waals surface area (Å²) in [5.41, 5.74) is 1.16. The number of rotatable bonds is 2. The summed E-state index contributed by atoms with van der Waals surface area (Å²) in [6, 6.07) is 0. The minimum Gasteiger partial charge on any atom is -0.353 e. The normalized spacial score (nSPS) is 42.6. The van der Waals surface area contributed by atoms with Gasteiger partial charge in [0.2, 0.25) is 0 Å². The molecule has 3 heteroatoms. The quantitative estimate of drug-likeness (QED) is 0.634. The monoisotopic (exact) mass is 198 g/mol. The van der Waals surface area contributed by atoms with E-state index in [0.29, 0.717) is 25.0 Å². The average Bonchev–Trinajstić information content (AvgIpc) is 2.48. The van der Waals surface area contributed by atoms with Gasteiger partial charge in [0.25, 0.3) is 0 Å². The third kappa shape index (κ3) is 1.72. The van der Waals surface area contributed by atoms with Gasteiger partial charge in [-0.1, -0.05) is 13.5 Å². The van der Waals surface area contributed by atoms with Gasteiger partial charge in [0, 0.05) is 18.9 Å². The first-order valence-corrected chi connectivity index (χ1v) is 5.28. The zero-order chi connectivity index (χ0) is 10.1. The second-order valence-electron chi connectivity index (χ2n) is 4.10. The Morgan fingerprint density at radius 3 is 3.07 bits per heavy atom. The summed E-state index contributed by atoms with van der Waals surface area (Å²) >= 11 is 0. The van der Waals surface area contributed by atoms with Gasteiger partial charge in [-0.3, -0.25) is 0 Å². The Kier molecular flexibility index (Phi) is 2.91. The molecule has 3 nitrogen and oxygen atoms in total. The van der Waals surface area contributed by atoms with E-state index in [-0.39, 0.29) is 12.6 Å². The molecule has 2 fully saturated rings. The maximum atomic E-state index is 5.69. The van der Waals surface area contributed by atoms with E-state index in [1.165, 1.54) is 0 Å². The number of hydrogen-bond donors (Lipinski definition) is 0. The van der Waals surface area contributed by atoms with Gasteiger partial charge in [-0.25, -0.2) is 0 Å². The lowest BCUT2D eigenvalue weighted by molar-refractivity contribution is -0.272. The molecule has 0 aromatic rings. The first-order chi connectivity index (χ1) is 6.72. The fraction of sp³-hybridized carbons (Fsp3) is 0.818. The number of hydrogen-bond acceptors (Lipinski definition) is 3. The Labute approximate surface area is 85.0 Å². The predicted octanol–water partition coefficient (Wildman–Crippen LogP) is 1.93. The fourth-order valence-corrected chi connectivity index (χ4v) is 2.32. The summed E-state index contributed by atoms with van der Waals surface area (Å²) < 4.78 is 16.7. The van der Waals surface area contributed by atoms with Gasteiger partial charge in [-0.15, -0.1) is 0 Å². The maximum Gasteiger partial charge on any atom is 0.167 e. The van der Waals surface area contributed by atoms with E-state index < -0.39 is 0 Å². The van der Waals surface area contributed by atoms with E-state index in [1.54, 1.807) is 0 Å². The summed E-state index contributed by atoms with van der Waals surface area (Å²) in [5, 5.41) is 0. The van der Waals surface area contributed by atoms with E-state index in [1.807, 2.05) is 6.92 Å². The van der Waals surface area contributed by atoms with Crippen molar-refractivity contribution < 1.29 is 14.2 Å². The van der Waals surface area contributed by atoms with Crippen LogP contribution in [0.1, 0.15) is 20.3 Å². The molecule has 0 aliphatic carbocycles. The van der Waals surface area contributed by atoms with Crippen LogP contribution in [0.2, 0.25) is 0 Å². The lowest BCUT2D eigenvalue weighted by Gasteiger charge is -2.35. The van der Waals surface area contributed by atoms with Gasteiger partial charge in [0.15, 0.2) is 12.6 Å². The van der Waals surface area contributed by atoms with Crippen molar-refractivity contribution in [2.45, 2.75) is 32.8 Å². The Balaban J connectivity index is 2.01. The third-order valence-corrected chi connectivity index (χ3v) is 3.01. The Morgan fingerprint density at radius 1 is 1.57 bits per heavy atom. The molecule has 2 aliphatic rings. The van der Waals surface area contributed by atoms with E-state index in [2.05, 4.69) is 13.5 Å². The van der Waals surface area contributed by atoms with Crippen molar-refractivity contribution in [1.29, 1.82) is 0 Å². The highest BCUT2D eigenvalue weighted by molar-refractivity contribution is 5.09. The van der Waals surface area contributed by atoms with E-state index in [0.717, 1.165) is 12.0 Å². The molecule has 0 saturated carbocycles. The molecule has 0 aromatic heterocycles. The van der Waals surface area contributed by atoms with Crippen LogP contribution in [0.25, 0.3) is 0 Å². The summed E-state index contributed by atoms with van der Waals surface area (Å²) in [6.45, 7) is 9.54. The van der Waals surface area contributed by atoms with Crippen LogP contribution in [0.4, 0.5) is 0 Å². The van der Waals surface area contributed by atoms with Crippen LogP contribution in [0.15, 0.2) is 12.2 Å². The molecule has 0 N–H and O–H groups in total. The second kappa shape index (κ2) is 4.01. The van der Waals surface area contributed by atoms with Crippen LogP contribution in [0, 0.1) is 11.8 Å². The van der Waals surface area contributed by atoms with Gasteiger partial charge >= 0.3 is 0 Å². The van der Waals surface area contributed by atoms with Crippen LogP contribution >= 0.6 is 0 Å². The fourth-order valence-electron chi connectivity index (χ4n) is 2.32. The van der Waals surface area contributed by atoms with Crippen LogP contribution in [0.5, 0.6) is 0 Å². The molecule has 0 amide bonds. The first-order valence-electron chi connectivity index (χ1n) is 5.28. The van der Waals surface area contributed by atoms with Gasteiger partial charge in [-0.2, -0.15) is 0 Å². The molecule has 14 heavy (non-hydrogen) atoms. The van der Waals surface area contributed by atoms with Crippen molar-refractivity contribution in [2.75, 3.05) is 13.2 Å². The highest BCUT2D eigenvalue weighted by atomic mass is 16.8. The lowest BCUT2D eigenvalue weighted by Crippen LogP contribution is -2.39. The number of fused-ring (bicyclic) bond motifs is 1.